The molecule has 0 atom stereocenters. The minimum atomic E-state index is -1.17. The predicted octanol–water partition coefficient (Wildman–Crippen LogP) is 3.15. The van der Waals surface area contributed by atoms with Crippen molar-refractivity contribution in [2.75, 3.05) is 19.5 Å². The van der Waals surface area contributed by atoms with Gasteiger partial charge in [-0.3, -0.25) is 0 Å². The molecule has 2 aromatic rings. The molecule has 0 saturated heterocycles. The van der Waals surface area contributed by atoms with Gasteiger partial charge in [-0.2, -0.15) is 0 Å². The second-order valence-corrected chi connectivity index (χ2v) is 4.58. The first-order chi connectivity index (χ1) is 10.5. The molecule has 0 radical (unpaired) electrons. The average molecular weight is 305 g/mol. The Balaban J connectivity index is 2.14. The fourth-order valence-corrected chi connectivity index (χ4v) is 2.01. The third kappa shape index (κ3) is 3.66. The molecule has 22 heavy (non-hydrogen) atoms. The van der Waals surface area contributed by atoms with E-state index in [2.05, 4.69) is 5.32 Å². The van der Waals surface area contributed by atoms with Crippen molar-refractivity contribution >= 4 is 11.7 Å². The minimum Gasteiger partial charge on any atom is -0.493 e. The first-order valence-corrected chi connectivity index (χ1v) is 6.52. The summed E-state index contributed by atoms with van der Waals surface area (Å²) < 4.78 is 23.8. The number of ether oxygens (including phenoxy) is 2. The van der Waals surface area contributed by atoms with Crippen LogP contribution in [0.3, 0.4) is 0 Å². The summed E-state index contributed by atoms with van der Waals surface area (Å²) in [4.78, 5) is 10.9. The Morgan fingerprint density at radius 1 is 1.14 bits per heavy atom. The summed E-state index contributed by atoms with van der Waals surface area (Å²) in [6.45, 7) is 0.392. The van der Waals surface area contributed by atoms with Crippen molar-refractivity contribution in [2.45, 2.75) is 6.54 Å². The summed E-state index contributed by atoms with van der Waals surface area (Å²) in [7, 11) is 3.09. The van der Waals surface area contributed by atoms with Crippen LogP contribution in [0.25, 0.3) is 0 Å². The van der Waals surface area contributed by atoms with Crippen molar-refractivity contribution in [2.24, 2.45) is 0 Å². The van der Waals surface area contributed by atoms with Crippen LogP contribution in [0.4, 0.5) is 10.1 Å². The number of rotatable bonds is 6. The fourth-order valence-electron chi connectivity index (χ4n) is 2.01. The van der Waals surface area contributed by atoms with Crippen LogP contribution in [0.5, 0.6) is 11.5 Å². The van der Waals surface area contributed by atoms with Crippen LogP contribution in [0.15, 0.2) is 36.4 Å². The zero-order valence-corrected chi connectivity index (χ0v) is 12.2. The maximum atomic E-state index is 13.4. The zero-order valence-electron chi connectivity index (χ0n) is 12.2. The Kier molecular flexibility index (Phi) is 4.83. The van der Waals surface area contributed by atoms with E-state index in [4.69, 9.17) is 14.6 Å². The Morgan fingerprint density at radius 2 is 1.86 bits per heavy atom. The maximum absolute atomic E-state index is 13.4. The number of aromatic carboxylic acids is 1. The van der Waals surface area contributed by atoms with Gasteiger partial charge in [0.2, 0.25) is 0 Å². The van der Waals surface area contributed by atoms with Crippen molar-refractivity contribution in [1.29, 1.82) is 0 Å². The average Bonchev–Trinajstić information content (AvgIpc) is 2.52. The number of halogens is 1. The summed E-state index contributed by atoms with van der Waals surface area (Å²) in [5, 5.41) is 11.9. The second-order valence-electron chi connectivity index (χ2n) is 4.58. The standard InChI is InChI=1S/C16H16FNO4/c1-21-14-4-3-10(5-15(14)22-2)9-18-13-7-11(16(19)20)6-12(17)8-13/h3-8,18H,9H2,1-2H3,(H,19,20). The number of carboxylic acid groups (broad SMARTS) is 1. The quantitative estimate of drug-likeness (QED) is 0.858. The highest BCUT2D eigenvalue weighted by Gasteiger charge is 2.08. The lowest BCUT2D eigenvalue weighted by Gasteiger charge is -2.11. The molecule has 2 aromatic carbocycles. The van der Waals surface area contributed by atoms with E-state index in [0.29, 0.717) is 23.7 Å². The van der Waals surface area contributed by atoms with E-state index in [0.717, 1.165) is 11.6 Å². The number of carboxylic acids is 1. The summed E-state index contributed by atoms with van der Waals surface area (Å²) in [6.07, 6.45) is 0. The number of nitrogens with one attached hydrogen (secondary N) is 1. The highest BCUT2D eigenvalue weighted by atomic mass is 19.1. The van der Waals surface area contributed by atoms with Crippen LogP contribution >= 0.6 is 0 Å². The SMILES string of the molecule is COc1ccc(CNc2cc(F)cc(C(=O)O)c2)cc1OC. The molecular weight excluding hydrogens is 289 g/mol. The Labute approximate surface area is 127 Å². The Morgan fingerprint density at radius 3 is 2.50 bits per heavy atom. The summed E-state index contributed by atoms with van der Waals surface area (Å²) in [6, 6.07) is 9.00. The van der Waals surface area contributed by atoms with Gasteiger partial charge in [0.05, 0.1) is 19.8 Å². The van der Waals surface area contributed by atoms with E-state index in [-0.39, 0.29) is 5.56 Å². The van der Waals surface area contributed by atoms with Crippen molar-refractivity contribution in [1.82, 2.24) is 0 Å². The van der Waals surface area contributed by atoms with Crippen molar-refractivity contribution in [3.8, 4) is 11.5 Å². The van der Waals surface area contributed by atoms with E-state index in [9.17, 15) is 9.18 Å². The molecule has 2 N–H and O–H groups in total. The topological polar surface area (TPSA) is 67.8 Å². The van der Waals surface area contributed by atoms with Crippen LogP contribution in [0.2, 0.25) is 0 Å². The van der Waals surface area contributed by atoms with Gasteiger partial charge in [0, 0.05) is 12.2 Å². The molecule has 0 bridgehead atoms. The number of anilines is 1. The van der Waals surface area contributed by atoms with Gasteiger partial charge in [0.1, 0.15) is 5.82 Å². The third-order valence-electron chi connectivity index (χ3n) is 3.09. The smallest absolute Gasteiger partial charge is 0.335 e. The molecule has 0 unspecified atom stereocenters. The van der Waals surface area contributed by atoms with Gasteiger partial charge in [-0.05, 0) is 35.9 Å². The van der Waals surface area contributed by atoms with Gasteiger partial charge in [-0.1, -0.05) is 6.07 Å². The fraction of sp³-hybridized carbons (Fsp3) is 0.188. The Hall–Kier alpha value is -2.76. The molecule has 2 rings (SSSR count). The van der Waals surface area contributed by atoms with Crippen LogP contribution in [-0.4, -0.2) is 25.3 Å². The van der Waals surface area contributed by atoms with Crippen LogP contribution in [0.1, 0.15) is 15.9 Å². The van der Waals surface area contributed by atoms with Gasteiger partial charge < -0.3 is 19.9 Å². The lowest BCUT2D eigenvalue weighted by atomic mass is 10.1. The highest BCUT2D eigenvalue weighted by molar-refractivity contribution is 5.88. The van der Waals surface area contributed by atoms with Crippen LogP contribution in [0, 0.1) is 5.82 Å². The maximum Gasteiger partial charge on any atom is 0.335 e. The number of hydrogen-bond acceptors (Lipinski definition) is 4. The second kappa shape index (κ2) is 6.80. The molecule has 0 aliphatic rings. The summed E-state index contributed by atoms with van der Waals surface area (Å²) in [5.74, 6) is -0.569. The molecule has 0 aliphatic carbocycles. The largest absolute Gasteiger partial charge is 0.493 e. The van der Waals surface area contributed by atoms with Gasteiger partial charge in [-0.25, -0.2) is 9.18 Å². The Bertz CT molecular complexity index is 688. The van der Waals surface area contributed by atoms with Gasteiger partial charge in [0.15, 0.2) is 11.5 Å². The van der Waals surface area contributed by atoms with Gasteiger partial charge in [0.25, 0.3) is 0 Å². The van der Waals surface area contributed by atoms with Gasteiger partial charge in [-0.15, -0.1) is 0 Å². The summed E-state index contributed by atoms with van der Waals surface area (Å²) >= 11 is 0. The monoisotopic (exact) mass is 305 g/mol. The molecular formula is C16H16FNO4. The third-order valence-corrected chi connectivity index (χ3v) is 3.09. The molecule has 0 saturated carbocycles. The van der Waals surface area contributed by atoms with E-state index in [1.165, 1.54) is 12.1 Å². The zero-order chi connectivity index (χ0) is 16.1. The summed E-state index contributed by atoms with van der Waals surface area (Å²) in [5.41, 5.74) is 1.18. The lowest BCUT2D eigenvalue weighted by Crippen LogP contribution is -2.03. The molecule has 0 aliphatic heterocycles. The van der Waals surface area contributed by atoms with Crippen LogP contribution in [-0.2, 0) is 6.54 Å². The predicted molar refractivity (Wildman–Crippen MR) is 80.2 cm³/mol. The first kappa shape index (κ1) is 15.6. The molecule has 0 amide bonds. The van der Waals surface area contributed by atoms with E-state index in [1.54, 1.807) is 26.4 Å². The van der Waals surface area contributed by atoms with Crippen LogP contribution < -0.4 is 14.8 Å². The molecule has 6 heteroatoms. The normalized spacial score (nSPS) is 10.1. The van der Waals surface area contributed by atoms with Crippen molar-refractivity contribution < 1.29 is 23.8 Å². The first-order valence-electron chi connectivity index (χ1n) is 6.52. The number of carbonyl (C=O) groups is 1. The molecule has 0 heterocycles. The molecule has 0 fully saturated rings. The molecule has 5 nitrogen and oxygen atoms in total. The van der Waals surface area contributed by atoms with E-state index in [1.807, 2.05) is 6.07 Å². The number of hydrogen-bond donors (Lipinski definition) is 2. The number of benzene rings is 2. The van der Waals surface area contributed by atoms with E-state index < -0.39 is 11.8 Å². The van der Waals surface area contributed by atoms with E-state index >= 15 is 0 Å². The van der Waals surface area contributed by atoms with Gasteiger partial charge >= 0.3 is 5.97 Å². The highest BCUT2D eigenvalue weighted by Crippen LogP contribution is 2.28. The molecule has 0 aromatic heterocycles. The minimum absolute atomic E-state index is 0.102. The number of methoxy groups -OCH3 is 2. The lowest BCUT2D eigenvalue weighted by molar-refractivity contribution is 0.0696. The molecule has 116 valence electrons. The van der Waals surface area contributed by atoms with Crippen molar-refractivity contribution in [3.05, 3.63) is 53.3 Å². The van der Waals surface area contributed by atoms with Crippen molar-refractivity contribution in [3.63, 3.8) is 0 Å². The molecule has 0 spiro atoms.